The summed E-state index contributed by atoms with van der Waals surface area (Å²) in [5.74, 6) is 1.98. The van der Waals surface area contributed by atoms with E-state index in [-0.39, 0.29) is 5.92 Å². The second kappa shape index (κ2) is 15.4. The van der Waals surface area contributed by atoms with Gasteiger partial charge in [0, 0.05) is 91.8 Å². The Morgan fingerprint density at radius 3 is 2.77 bits per heavy atom. The minimum Gasteiger partial charge on any atom is -0.392 e. The summed E-state index contributed by atoms with van der Waals surface area (Å²) in [6.45, 7) is 19.5. The molecule has 3 aliphatic heterocycles. The lowest BCUT2D eigenvalue weighted by Crippen LogP contribution is -2.37. The van der Waals surface area contributed by atoms with Crippen LogP contribution in [0.4, 0.5) is 28.8 Å². The van der Waals surface area contributed by atoms with Crippen LogP contribution in [0.1, 0.15) is 62.1 Å². The second-order valence-corrected chi connectivity index (χ2v) is 14.9. The number of allylic oxidation sites excluding steroid dienone is 4. The third-order valence-electron chi connectivity index (χ3n) is 10.9. The van der Waals surface area contributed by atoms with Crippen molar-refractivity contribution in [2.75, 3.05) is 54.2 Å². The first-order valence-corrected chi connectivity index (χ1v) is 19.0. The first-order valence-electron chi connectivity index (χ1n) is 18.6. The molecule has 2 saturated heterocycles. The fourth-order valence-corrected chi connectivity index (χ4v) is 8.01. The maximum atomic E-state index is 6.67. The first-order chi connectivity index (χ1) is 25.6. The SMILES string of the molecule is C=C(CCC1=Cc2cc(Nc3nc(N4CCCC(CCNc5cccc6c(C7CCC(=C)NC7=C)nn(C)c56)C4)ncc3Cl)ccc2N(C)C1=C)NC. The van der Waals surface area contributed by atoms with Gasteiger partial charge in [-0.25, -0.2) is 4.98 Å². The molecule has 53 heavy (non-hydrogen) atoms. The number of halogens is 1. The summed E-state index contributed by atoms with van der Waals surface area (Å²) in [7, 11) is 6.00. The molecule has 7 rings (SSSR count). The zero-order valence-electron chi connectivity index (χ0n) is 31.2. The Labute approximate surface area is 318 Å². The first kappa shape index (κ1) is 36.2. The number of fused-ring (bicyclic) bond motifs is 2. The molecular formula is C42H51ClN10. The molecule has 11 heteroatoms. The van der Waals surface area contributed by atoms with Crippen LogP contribution in [0, 0.1) is 5.92 Å². The maximum Gasteiger partial charge on any atom is 0.227 e. The van der Waals surface area contributed by atoms with Crippen LogP contribution < -0.4 is 31.1 Å². The van der Waals surface area contributed by atoms with Gasteiger partial charge < -0.3 is 31.1 Å². The van der Waals surface area contributed by atoms with Gasteiger partial charge in [0.15, 0.2) is 5.82 Å². The lowest BCUT2D eigenvalue weighted by atomic mass is 9.90. The summed E-state index contributed by atoms with van der Waals surface area (Å²) in [6, 6.07) is 12.8. The van der Waals surface area contributed by atoms with Crippen molar-refractivity contribution >= 4 is 57.4 Å². The number of hydrogen-bond acceptors (Lipinski definition) is 9. The van der Waals surface area contributed by atoms with Gasteiger partial charge in [0.2, 0.25) is 5.95 Å². The van der Waals surface area contributed by atoms with Crippen molar-refractivity contribution in [1.82, 2.24) is 30.4 Å². The predicted octanol–water partition coefficient (Wildman–Crippen LogP) is 8.83. The number of aryl methyl sites for hydroxylation is 1. The van der Waals surface area contributed by atoms with Crippen LogP contribution in [-0.4, -0.2) is 53.5 Å². The summed E-state index contributed by atoms with van der Waals surface area (Å²) in [5.41, 5.74) is 11.7. The zero-order valence-corrected chi connectivity index (χ0v) is 32.0. The number of benzene rings is 2. The van der Waals surface area contributed by atoms with Crippen LogP contribution in [0.15, 0.2) is 97.3 Å². The van der Waals surface area contributed by atoms with E-state index in [1.54, 1.807) is 6.20 Å². The Balaban J connectivity index is 0.999. The number of nitrogens with one attached hydrogen (secondary N) is 4. The Morgan fingerprint density at radius 2 is 1.96 bits per heavy atom. The quantitative estimate of drug-likeness (QED) is 0.114. The van der Waals surface area contributed by atoms with Crippen molar-refractivity contribution < 1.29 is 0 Å². The normalized spacial score (nSPS) is 18.8. The van der Waals surface area contributed by atoms with Gasteiger partial charge in [-0.3, -0.25) is 4.68 Å². The van der Waals surface area contributed by atoms with Gasteiger partial charge in [0.05, 0.1) is 23.1 Å². The molecule has 0 amide bonds. The highest BCUT2D eigenvalue weighted by molar-refractivity contribution is 6.32. The molecule has 10 nitrogen and oxygen atoms in total. The number of para-hydroxylation sites is 1. The summed E-state index contributed by atoms with van der Waals surface area (Å²) in [4.78, 5) is 14.0. The average Bonchev–Trinajstić information content (AvgIpc) is 3.49. The van der Waals surface area contributed by atoms with Gasteiger partial charge in [0.25, 0.3) is 0 Å². The third-order valence-corrected chi connectivity index (χ3v) is 11.2. The molecule has 2 aromatic carbocycles. The van der Waals surface area contributed by atoms with E-state index >= 15 is 0 Å². The highest BCUT2D eigenvalue weighted by Gasteiger charge is 2.27. The third kappa shape index (κ3) is 7.64. The van der Waals surface area contributed by atoms with Gasteiger partial charge in [-0.05, 0) is 86.8 Å². The minimum absolute atomic E-state index is 0.171. The van der Waals surface area contributed by atoms with Gasteiger partial charge >= 0.3 is 0 Å². The minimum atomic E-state index is 0.171. The van der Waals surface area contributed by atoms with E-state index in [4.69, 9.17) is 21.7 Å². The zero-order chi connectivity index (χ0) is 37.2. The van der Waals surface area contributed by atoms with Crippen molar-refractivity contribution in [3.8, 4) is 0 Å². The molecule has 2 fully saturated rings. The summed E-state index contributed by atoms with van der Waals surface area (Å²) in [5, 5.41) is 20.3. The molecule has 0 radical (unpaired) electrons. The molecule has 0 bridgehead atoms. The molecule has 4 N–H and O–H groups in total. The van der Waals surface area contributed by atoms with Crippen LogP contribution in [0.2, 0.25) is 5.02 Å². The van der Waals surface area contributed by atoms with E-state index in [2.05, 4.69) is 112 Å². The smallest absolute Gasteiger partial charge is 0.227 e. The number of nitrogens with zero attached hydrogens (tertiary/aromatic N) is 6. The molecule has 2 aromatic heterocycles. The largest absolute Gasteiger partial charge is 0.392 e. The Morgan fingerprint density at radius 1 is 1.11 bits per heavy atom. The predicted molar refractivity (Wildman–Crippen MR) is 222 cm³/mol. The van der Waals surface area contributed by atoms with Gasteiger partial charge in [-0.2, -0.15) is 10.1 Å². The van der Waals surface area contributed by atoms with Crippen LogP contribution in [0.5, 0.6) is 0 Å². The van der Waals surface area contributed by atoms with Crippen molar-refractivity contribution in [2.45, 2.75) is 50.9 Å². The van der Waals surface area contributed by atoms with Crippen LogP contribution in [0.25, 0.3) is 17.0 Å². The molecule has 0 saturated carbocycles. The Bertz CT molecular complexity index is 2110. The number of anilines is 5. The van der Waals surface area contributed by atoms with Crippen molar-refractivity contribution in [2.24, 2.45) is 13.0 Å². The fraction of sp³-hybridized carbons (Fsp3) is 0.357. The van der Waals surface area contributed by atoms with Crippen LogP contribution in [0.3, 0.4) is 0 Å². The molecule has 2 unspecified atom stereocenters. The van der Waals surface area contributed by atoms with E-state index in [1.807, 2.05) is 18.8 Å². The van der Waals surface area contributed by atoms with Gasteiger partial charge in [-0.1, -0.05) is 50.0 Å². The van der Waals surface area contributed by atoms with Gasteiger partial charge in [-0.15, -0.1) is 0 Å². The van der Waals surface area contributed by atoms with Gasteiger partial charge in [0.1, 0.15) is 5.02 Å². The van der Waals surface area contributed by atoms with E-state index in [1.165, 1.54) is 17.4 Å². The monoisotopic (exact) mass is 730 g/mol. The summed E-state index contributed by atoms with van der Waals surface area (Å²) >= 11 is 6.67. The van der Waals surface area contributed by atoms with E-state index in [0.717, 1.165) is 115 Å². The fourth-order valence-electron chi connectivity index (χ4n) is 7.88. The molecule has 0 aliphatic carbocycles. The highest BCUT2D eigenvalue weighted by atomic mass is 35.5. The number of rotatable bonds is 12. The van der Waals surface area contributed by atoms with Crippen molar-refractivity contribution in [3.05, 3.63) is 114 Å². The van der Waals surface area contributed by atoms with Crippen LogP contribution in [-0.2, 0) is 7.05 Å². The van der Waals surface area contributed by atoms with Crippen molar-refractivity contribution in [1.29, 1.82) is 0 Å². The molecule has 276 valence electrons. The number of aromatic nitrogens is 4. The topological polar surface area (TPSA) is 98.2 Å². The molecule has 4 aromatic rings. The molecule has 5 heterocycles. The molecular weight excluding hydrogens is 680 g/mol. The summed E-state index contributed by atoms with van der Waals surface area (Å²) < 4.78 is 2.01. The van der Waals surface area contributed by atoms with Crippen molar-refractivity contribution in [3.63, 3.8) is 0 Å². The summed E-state index contributed by atoms with van der Waals surface area (Å²) in [6.07, 6.45) is 10.8. The lowest BCUT2D eigenvalue weighted by Gasteiger charge is -2.33. The van der Waals surface area contributed by atoms with E-state index < -0.39 is 0 Å². The van der Waals surface area contributed by atoms with E-state index in [9.17, 15) is 0 Å². The standard InChI is InChI=1S/C42H51ClN10/c1-26(44-5)13-15-31-22-32-23-33(16-18-38(32)51(6)29(31)4)48-41-36(43)24-46-42(49-41)53-21-9-10-30(25-53)19-20-45-37-12-8-11-35-39(50-52(7)40(35)37)34-17-14-27(2)47-28(34)3/h8,11-12,16,18,22-24,30,34,44-45,47H,1-4,9-10,13-15,17,19-21,25H2,5-7H3,(H,46,48,49). The number of hydrogen-bond donors (Lipinski definition) is 4. The highest BCUT2D eigenvalue weighted by Crippen LogP contribution is 2.39. The molecule has 2 atom stereocenters. The van der Waals surface area contributed by atoms with E-state index in [0.29, 0.717) is 22.7 Å². The number of piperidine rings is 2. The molecule has 3 aliphatic rings. The Kier molecular flexibility index (Phi) is 10.5. The second-order valence-electron chi connectivity index (χ2n) is 14.5. The van der Waals surface area contributed by atoms with Crippen LogP contribution >= 0.6 is 11.6 Å². The average molecular weight is 731 g/mol. The maximum absolute atomic E-state index is 6.67. The molecule has 0 spiro atoms. The number of likely N-dealkylation sites (N-methyl/N-ethyl adjacent to an activating group) is 1. The lowest BCUT2D eigenvalue weighted by molar-refractivity contribution is 0.396. The Hall–Kier alpha value is -5.22.